The third-order valence-corrected chi connectivity index (χ3v) is 3.73. The molecule has 1 aromatic rings. The number of nitrogens with two attached hydrogens (primary N) is 1. The molecule has 0 spiro atoms. The van der Waals surface area contributed by atoms with Crippen LogP contribution in [0.1, 0.15) is 0 Å². The molecule has 0 aliphatic carbocycles. The van der Waals surface area contributed by atoms with E-state index in [-0.39, 0.29) is 0 Å². The summed E-state index contributed by atoms with van der Waals surface area (Å²) >= 11 is 0. The van der Waals surface area contributed by atoms with Gasteiger partial charge in [0.2, 0.25) is 0 Å². The molecule has 0 saturated heterocycles. The zero-order chi connectivity index (χ0) is 10.0. The van der Waals surface area contributed by atoms with E-state index in [9.17, 15) is 8.42 Å². The quantitative estimate of drug-likeness (QED) is 0.743. The molecule has 0 fully saturated rings. The first kappa shape index (κ1) is 10.4. The second kappa shape index (κ2) is 4.02. The van der Waals surface area contributed by atoms with E-state index in [4.69, 9.17) is 5.73 Å². The first-order valence-corrected chi connectivity index (χ1v) is 6.71. The van der Waals surface area contributed by atoms with Crippen molar-refractivity contribution in [3.05, 3.63) is 18.2 Å². The average Bonchev–Trinajstić information content (AvgIpc) is 2.02. The third-order valence-electron chi connectivity index (χ3n) is 1.61. The molecule has 5 heteroatoms. The van der Waals surface area contributed by atoms with Crippen LogP contribution in [0.3, 0.4) is 0 Å². The van der Waals surface area contributed by atoms with Gasteiger partial charge in [0.05, 0.1) is 31.4 Å². The maximum atomic E-state index is 11.3. The molecule has 0 aliphatic rings. The highest BCUT2D eigenvalue weighted by Gasteiger charge is 2.11. The number of benzene rings is 1. The molecule has 0 saturated carbocycles. The molecule has 0 radical (unpaired) electrons. The average molecular weight is 217 g/mol. The molecule has 2 N–H and O–H groups in total. The number of anilines is 1. The van der Waals surface area contributed by atoms with E-state index < -0.39 is 21.6 Å². The van der Waals surface area contributed by atoms with Gasteiger partial charge in [-0.1, -0.05) is 6.07 Å². The van der Waals surface area contributed by atoms with Crippen molar-refractivity contribution in [1.82, 2.24) is 0 Å². The van der Waals surface area contributed by atoms with Crippen LogP contribution in [-0.2, 0) is 21.6 Å². The molecular formula is C8H11NO2S2. The van der Waals surface area contributed by atoms with E-state index in [1.807, 2.05) is 0 Å². The molecule has 0 aliphatic heterocycles. The van der Waals surface area contributed by atoms with Gasteiger partial charge in [0.1, 0.15) is 0 Å². The molecule has 0 bridgehead atoms. The van der Waals surface area contributed by atoms with E-state index in [1.54, 1.807) is 24.5 Å². The van der Waals surface area contributed by atoms with Crippen LogP contribution in [0.4, 0.5) is 5.69 Å². The van der Waals surface area contributed by atoms with E-state index in [1.165, 1.54) is 6.26 Å². The Bertz CT molecular complexity index is 376. The van der Waals surface area contributed by atoms with Gasteiger partial charge >= 0.3 is 0 Å². The Kier molecular flexibility index (Phi) is 3.22. The van der Waals surface area contributed by atoms with Gasteiger partial charge in [-0.05, 0) is 12.1 Å². The number of hydrogen-bond acceptors (Lipinski definition) is 3. The second-order valence-corrected chi connectivity index (χ2v) is 5.25. The highest BCUT2D eigenvalue weighted by atomic mass is 32.2. The molecule has 1 rings (SSSR count). The zero-order valence-electron chi connectivity index (χ0n) is 7.44. The summed E-state index contributed by atoms with van der Waals surface area (Å²) in [7, 11) is -2.34. The normalized spacial score (nSPS) is 15.2. The predicted molar refractivity (Wildman–Crippen MR) is 55.5 cm³/mol. The first-order chi connectivity index (χ1) is 6.04. The van der Waals surface area contributed by atoms with Crippen molar-refractivity contribution in [3.63, 3.8) is 0 Å². The molecule has 13 heavy (non-hydrogen) atoms. The minimum atomic E-state index is -1.19. The van der Waals surface area contributed by atoms with Crippen LogP contribution in [0.25, 0.3) is 0 Å². The Morgan fingerprint density at radius 2 is 1.77 bits per heavy atom. The number of nitrogen functional groups attached to an aromatic ring is 1. The van der Waals surface area contributed by atoms with Crippen molar-refractivity contribution >= 4 is 27.3 Å². The Morgan fingerprint density at radius 1 is 1.15 bits per heavy atom. The highest BCUT2D eigenvalue weighted by molar-refractivity contribution is 7.87. The van der Waals surface area contributed by atoms with Crippen molar-refractivity contribution < 1.29 is 8.42 Å². The fraction of sp³-hybridized carbons (Fsp3) is 0.250. The van der Waals surface area contributed by atoms with E-state index >= 15 is 0 Å². The van der Waals surface area contributed by atoms with Crippen LogP contribution in [0.15, 0.2) is 28.0 Å². The summed E-state index contributed by atoms with van der Waals surface area (Å²) < 4.78 is 22.5. The molecule has 2 unspecified atom stereocenters. The number of hydrogen-bond donors (Lipinski definition) is 1. The molecule has 0 amide bonds. The standard InChI is InChI=1S/C8H11NO2S2/c1-12(10)7-5-3-4-6(9)8(7)13(2)11/h3-5H,9H2,1-2H3. The van der Waals surface area contributed by atoms with Crippen molar-refractivity contribution in [2.45, 2.75) is 9.79 Å². The van der Waals surface area contributed by atoms with Crippen LogP contribution in [0, 0.1) is 0 Å². The lowest BCUT2D eigenvalue weighted by molar-refractivity contribution is 0.679. The lowest BCUT2D eigenvalue weighted by atomic mass is 10.3. The van der Waals surface area contributed by atoms with Crippen molar-refractivity contribution in [2.75, 3.05) is 18.2 Å². The fourth-order valence-corrected chi connectivity index (χ4v) is 3.17. The summed E-state index contributed by atoms with van der Waals surface area (Å²) in [5.74, 6) is 0. The van der Waals surface area contributed by atoms with Gasteiger partial charge in [0, 0.05) is 18.2 Å². The fourth-order valence-electron chi connectivity index (χ4n) is 1.07. The maximum absolute atomic E-state index is 11.3. The monoisotopic (exact) mass is 217 g/mol. The Morgan fingerprint density at radius 3 is 2.15 bits per heavy atom. The van der Waals surface area contributed by atoms with Crippen molar-refractivity contribution in [2.24, 2.45) is 0 Å². The molecule has 3 nitrogen and oxygen atoms in total. The second-order valence-electron chi connectivity index (χ2n) is 2.58. The van der Waals surface area contributed by atoms with Gasteiger partial charge in [0.15, 0.2) is 0 Å². The smallest absolute Gasteiger partial charge is 0.0775 e. The minimum Gasteiger partial charge on any atom is -0.398 e. The van der Waals surface area contributed by atoms with Crippen LogP contribution in [-0.4, -0.2) is 20.9 Å². The molecule has 0 aromatic heterocycles. The number of rotatable bonds is 2. The van der Waals surface area contributed by atoms with Gasteiger partial charge in [-0.15, -0.1) is 0 Å². The summed E-state index contributed by atoms with van der Waals surface area (Å²) in [6.07, 6.45) is 3.08. The highest BCUT2D eigenvalue weighted by Crippen LogP contribution is 2.22. The maximum Gasteiger partial charge on any atom is 0.0775 e. The molecule has 72 valence electrons. The zero-order valence-corrected chi connectivity index (χ0v) is 9.08. The molecule has 1 aromatic carbocycles. The lowest BCUT2D eigenvalue weighted by Gasteiger charge is -2.06. The summed E-state index contributed by atoms with van der Waals surface area (Å²) in [6, 6.07) is 5.05. The predicted octanol–water partition coefficient (Wildman–Crippen LogP) is 0.744. The van der Waals surface area contributed by atoms with Crippen molar-refractivity contribution in [1.29, 1.82) is 0 Å². The van der Waals surface area contributed by atoms with E-state index in [2.05, 4.69) is 0 Å². The van der Waals surface area contributed by atoms with Crippen LogP contribution in [0.5, 0.6) is 0 Å². The van der Waals surface area contributed by atoms with Crippen LogP contribution >= 0.6 is 0 Å². The minimum absolute atomic E-state index is 0.438. The van der Waals surface area contributed by atoms with Gasteiger partial charge in [-0.2, -0.15) is 0 Å². The summed E-state index contributed by atoms with van der Waals surface area (Å²) in [5.41, 5.74) is 6.07. The van der Waals surface area contributed by atoms with Gasteiger partial charge in [-0.25, -0.2) is 0 Å². The lowest BCUT2D eigenvalue weighted by Crippen LogP contribution is -2.02. The van der Waals surface area contributed by atoms with E-state index in [0.717, 1.165) is 0 Å². The topological polar surface area (TPSA) is 60.2 Å². The molecule has 0 heterocycles. The van der Waals surface area contributed by atoms with E-state index in [0.29, 0.717) is 15.5 Å². The third kappa shape index (κ3) is 2.16. The Hall–Kier alpha value is -0.680. The van der Waals surface area contributed by atoms with Crippen LogP contribution in [0.2, 0.25) is 0 Å². The van der Waals surface area contributed by atoms with Gasteiger partial charge in [0.25, 0.3) is 0 Å². The summed E-state index contributed by atoms with van der Waals surface area (Å²) in [6.45, 7) is 0. The molecule has 2 atom stereocenters. The Labute approximate surface area is 82.2 Å². The van der Waals surface area contributed by atoms with Crippen LogP contribution < -0.4 is 5.73 Å². The largest absolute Gasteiger partial charge is 0.398 e. The Balaban J connectivity index is 3.43. The van der Waals surface area contributed by atoms with Gasteiger partial charge in [-0.3, -0.25) is 8.42 Å². The van der Waals surface area contributed by atoms with Crippen molar-refractivity contribution in [3.8, 4) is 0 Å². The summed E-state index contributed by atoms with van der Waals surface area (Å²) in [5, 5.41) is 0. The summed E-state index contributed by atoms with van der Waals surface area (Å²) in [4.78, 5) is 1.05. The first-order valence-electron chi connectivity index (χ1n) is 3.59. The molecular weight excluding hydrogens is 206 g/mol. The SMILES string of the molecule is CS(=O)c1cccc(N)c1S(C)=O. The van der Waals surface area contributed by atoms with Gasteiger partial charge < -0.3 is 5.73 Å².